The Hall–Kier alpha value is -0.750. The van der Waals surface area contributed by atoms with Crippen molar-refractivity contribution in [3.63, 3.8) is 0 Å². The lowest BCUT2D eigenvalue weighted by atomic mass is 10.1. The minimum absolute atomic E-state index is 0.0152. The number of amides is 2. The Morgan fingerprint density at radius 2 is 2.12 bits per heavy atom. The van der Waals surface area contributed by atoms with E-state index in [9.17, 15) is 9.59 Å². The van der Waals surface area contributed by atoms with Gasteiger partial charge in [-0.05, 0) is 20.8 Å². The second-order valence-electron chi connectivity index (χ2n) is 5.11. The normalized spacial score (nSPS) is 20.1. The first kappa shape index (κ1) is 14.3. The highest BCUT2D eigenvalue weighted by molar-refractivity contribution is 7.99. The van der Waals surface area contributed by atoms with Gasteiger partial charge in [0.2, 0.25) is 11.8 Å². The van der Waals surface area contributed by atoms with Gasteiger partial charge in [-0.3, -0.25) is 14.9 Å². The number of hydrogen-bond donors (Lipinski definition) is 3. The number of hydrogen-bond acceptors (Lipinski definition) is 4. The molecule has 1 saturated heterocycles. The van der Waals surface area contributed by atoms with E-state index in [1.54, 1.807) is 11.8 Å². The van der Waals surface area contributed by atoms with Crippen LogP contribution >= 0.6 is 11.8 Å². The summed E-state index contributed by atoms with van der Waals surface area (Å²) in [5.74, 6) is 1.58. The summed E-state index contributed by atoms with van der Waals surface area (Å²) in [5, 5.41) is 8.70. The highest BCUT2D eigenvalue weighted by atomic mass is 32.2. The highest BCUT2D eigenvalue weighted by Crippen LogP contribution is 2.09. The first-order valence-electron chi connectivity index (χ1n) is 5.78. The van der Waals surface area contributed by atoms with Crippen LogP contribution in [0.2, 0.25) is 0 Å². The molecule has 2 amide bonds. The Bertz CT molecular complexity index is 283. The molecule has 0 aromatic carbocycles. The van der Waals surface area contributed by atoms with Crippen LogP contribution in [0.1, 0.15) is 27.2 Å². The van der Waals surface area contributed by atoms with Gasteiger partial charge in [-0.2, -0.15) is 0 Å². The van der Waals surface area contributed by atoms with E-state index in [0.29, 0.717) is 13.0 Å². The van der Waals surface area contributed by atoms with Crippen LogP contribution in [0.3, 0.4) is 0 Å². The fraction of sp³-hybridized carbons (Fsp3) is 0.818. The predicted octanol–water partition coefficient (Wildman–Crippen LogP) is 0.0699. The molecule has 1 atom stereocenters. The molecule has 1 aliphatic rings. The van der Waals surface area contributed by atoms with Crippen LogP contribution in [-0.4, -0.2) is 41.6 Å². The van der Waals surface area contributed by atoms with Crippen LogP contribution < -0.4 is 16.0 Å². The molecule has 0 bridgehead atoms. The summed E-state index contributed by atoms with van der Waals surface area (Å²) >= 11 is 1.71. The number of thioether (sulfide) groups is 1. The first-order valence-corrected chi connectivity index (χ1v) is 6.94. The molecule has 0 aromatic rings. The smallest absolute Gasteiger partial charge is 0.238 e. The Morgan fingerprint density at radius 3 is 2.65 bits per heavy atom. The van der Waals surface area contributed by atoms with Crippen LogP contribution in [0.5, 0.6) is 0 Å². The first-order chi connectivity index (χ1) is 7.88. The van der Waals surface area contributed by atoms with E-state index in [1.165, 1.54) is 0 Å². The third-order valence-corrected chi connectivity index (χ3v) is 3.14. The average molecular weight is 259 g/mol. The van der Waals surface area contributed by atoms with E-state index in [-0.39, 0.29) is 23.4 Å². The van der Waals surface area contributed by atoms with Crippen molar-refractivity contribution in [2.75, 3.05) is 18.2 Å². The van der Waals surface area contributed by atoms with Crippen LogP contribution in [0.15, 0.2) is 0 Å². The zero-order chi connectivity index (χ0) is 12.9. The number of nitrogens with one attached hydrogen (secondary N) is 3. The van der Waals surface area contributed by atoms with E-state index in [4.69, 9.17) is 0 Å². The molecular formula is C11H21N3O2S. The summed E-state index contributed by atoms with van der Waals surface area (Å²) < 4.78 is 0. The van der Waals surface area contributed by atoms with Gasteiger partial charge in [0.05, 0.1) is 6.04 Å². The van der Waals surface area contributed by atoms with Crippen molar-refractivity contribution in [3.05, 3.63) is 0 Å². The predicted molar refractivity (Wildman–Crippen MR) is 69.8 cm³/mol. The largest absolute Gasteiger partial charge is 0.354 e. The van der Waals surface area contributed by atoms with Crippen molar-refractivity contribution in [2.45, 2.75) is 38.8 Å². The lowest BCUT2D eigenvalue weighted by molar-refractivity contribution is -0.123. The van der Waals surface area contributed by atoms with Crippen molar-refractivity contribution >= 4 is 23.6 Å². The van der Waals surface area contributed by atoms with E-state index in [2.05, 4.69) is 16.0 Å². The number of carbonyl (C=O) groups is 2. The Balaban J connectivity index is 2.14. The molecule has 0 aliphatic carbocycles. The fourth-order valence-corrected chi connectivity index (χ4v) is 2.41. The second kappa shape index (κ2) is 6.26. The number of carbonyl (C=O) groups excluding carboxylic acids is 2. The van der Waals surface area contributed by atoms with Crippen LogP contribution in [0.4, 0.5) is 0 Å². The molecule has 17 heavy (non-hydrogen) atoms. The second-order valence-corrected chi connectivity index (χ2v) is 6.14. The SMILES string of the molecule is CC(C)(C)NC(=O)CCNC(=O)C1CSCN1. The molecule has 0 aromatic heterocycles. The summed E-state index contributed by atoms with van der Waals surface area (Å²) in [4.78, 5) is 23.1. The molecule has 1 aliphatic heterocycles. The standard InChI is InChI=1S/C11H21N3O2S/c1-11(2,3)14-9(15)4-5-12-10(16)8-6-17-7-13-8/h8,13H,4-7H2,1-3H3,(H,12,16)(H,14,15). The van der Waals surface area contributed by atoms with Gasteiger partial charge in [0.1, 0.15) is 0 Å². The average Bonchev–Trinajstić information content (AvgIpc) is 2.66. The third kappa shape index (κ3) is 5.93. The summed E-state index contributed by atoms with van der Waals surface area (Å²) in [6.45, 7) is 6.19. The van der Waals surface area contributed by atoms with Gasteiger partial charge in [0, 0.05) is 30.1 Å². The van der Waals surface area contributed by atoms with Crippen molar-refractivity contribution in [1.29, 1.82) is 0 Å². The van der Waals surface area contributed by atoms with Crippen LogP contribution in [0.25, 0.3) is 0 Å². The van der Waals surface area contributed by atoms with E-state index in [1.807, 2.05) is 20.8 Å². The minimum atomic E-state index is -0.218. The van der Waals surface area contributed by atoms with Crippen molar-refractivity contribution in [3.8, 4) is 0 Å². The third-order valence-electron chi connectivity index (χ3n) is 2.20. The monoisotopic (exact) mass is 259 g/mol. The maximum atomic E-state index is 11.6. The van der Waals surface area contributed by atoms with Gasteiger partial charge in [0.25, 0.3) is 0 Å². The lowest BCUT2D eigenvalue weighted by Crippen LogP contribution is -2.45. The minimum Gasteiger partial charge on any atom is -0.354 e. The van der Waals surface area contributed by atoms with Gasteiger partial charge in [0.15, 0.2) is 0 Å². The van der Waals surface area contributed by atoms with Gasteiger partial charge >= 0.3 is 0 Å². The topological polar surface area (TPSA) is 70.2 Å². The lowest BCUT2D eigenvalue weighted by Gasteiger charge is -2.20. The summed E-state index contributed by atoms with van der Waals surface area (Å²) in [6, 6.07) is -0.106. The zero-order valence-corrected chi connectivity index (χ0v) is 11.4. The van der Waals surface area contributed by atoms with E-state index in [0.717, 1.165) is 11.6 Å². The van der Waals surface area contributed by atoms with E-state index < -0.39 is 0 Å². The summed E-state index contributed by atoms with van der Waals surface area (Å²) in [6.07, 6.45) is 0.322. The molecule has 1 unspecified atom stereocenters. The van der Waals surface area contributed by atoms with Crippen LogP contribution in [0, 0.1) is 0 Å². The highest BCUT2D eigenvalue weighted by Gasteiger charge is 2.22. The molecule has 0 spiro atoms. The van der Waals surface area contributed by atoms with Gasteiger partial charge in [-0.1, -0.05) is 0 Å². The summed E-state index contributed by atoms with van der Waals surface area (Å²) in [5.41, 5.74) is -0.218. The molecule has 0 saturated carbocycles. The van der Waals surface area contributed by atoms with Gasteiger partial charge in [-0.15, -0.1) is 11.8 Å². The van der Waals surface area contributed by atoms with Crippen molar-refractivity contribution in [1.82, 2.24) is 16.0 Å². The molecule has 1 heterocycles. The Kier molecular flexibility index (Phi) is 5.27. The molecule has 1 rings (SSSR count). The maximum Gasteiger partial charge on any atom is 0.238 e. The van der Waals surface area contributed by atoms with Crippen molar-refractivity contribution < 1.29 is 9.59 Å². The van der Waals surface area contributed by atoms with Crippen molar-refractivity contribution in [2.24, 2.45) is 0 Å². The maximum absolute atomic E-state index is 11.6. The van der Waals surface area contributed by atoms with Crippen LogP contribution in [-0.2, 0) is 9.59 Å². The molecule has 98 valence electrons. The quantitative estimate of drug-likeness (QED) is 0.668. The molecule has 1 fully saturated rings. The molecule has 5 nitrogen and oxygen atoms in total. The van der Waals surface area contributed by atoms with E-state index >= 15 is 0 Å². The Morgan fingerprint density at radius 1 is 1.41 bits per heavy atom. The molecule has 0 radical (unpaired) electrons. The fourth-order valence-electron chi connectivity index (χ4n) is 1.47. The van der Waals surface area contributed by atoms with Gasteiger partial charge in [-0.25, -0.2) is 0 Å². The molecule has 3 N–H and O–H groups in total. The number of rotatable bonds is 4. The molecular weight excluding hydrogens is 238 g/mol. The summed E-state index contributed by atoms with van der Waals surface area (Å²) in [7, 11) is 0. The van der Waals surface area contributed by atoms with Gasteiger partial charge < -0.3 is 10.6 Å². The zero-order valence-electron chi connectivity index (χ0n) is 10.6. The Labute approximate surface area is 106 Å². The molecule has 6 heteroatoms.